The van der Waals surface area contributed by atoms with E-state index < -0.39 is 0 Å². The topological polar surface area (TPSA) is 53.4 Å². The molecule has 3 nitrogen and oxygen atoms in total. The zero-order chi connectivity index (χ0) is 12.3. The minimum absolute atomic E-state index is 0.154. The summed E-state index contributed by atoms with van der Waals surface area (Å²) in [5, 5.41) is 18.7. The Labute approximate surface area is 100 Å². The van der Waals surface area contributed by atoms with Crippen LogP contribution >= 0.6 is 0 Å². The van der Waals surface area contributed by atoms with Crippen LogP contribution in [0.1, 0.15) is 16.8 Å². The van der Waals surface area contributed by atoms with Gasteiger partial charge in [0.2, 0.25) is 0 Å². The maximum Gasteiger partial charge on any atom is 0.254 e. The molecule has 88 valence electrons. The van der Waals surface area contributed by atoms with E-state index in [1.54, 1.807) is 6.07 Å². The maximum atomic E-state index is 9.41. The number of nitrogens with zero attached hydrogens (tertiary/aromatic N) is 1. The van der Waals surface area contributed by atoms with Crippen molar-refractivity contribution in [1.29, 1.82) is 0 Å². The Kier molecular flexibility index (Phi) is 3.28. The first-order chi connectivity index (χ1) is 8.16. The van der Waals surface area contributed by atoms with Crippen LogP contribution in [-0.4, -0.2) is 15.2 Å². The van der Waals surface area contributed by atoms with Gasteiger partial charge in [0.1, 0.15) is 0 Å². The van der Waals surface area contributed by atoms with Crippen molar-refractivity contribution in [2.45, 2.75) is 19.8 Å². The molecule has 0 aliphatic heterocycles. The summed E-state index contributed by atoms with van der Waals surface area (Å²) < 4.78 is 0. The summed E-state index contributed by atoms with van der Waals surface area (Å²) >= 11 is 0. The number of rotatable bonds is 3. The number of aryl methyl sites for hydroxylation is 3. The summed E-state index contributed by atoms with van der Waals surface area (Å²) in [5.74, 6) is -0.454. The molecule has 17 heavy (non-hydrogen) atoms. The van der Waals surface area contributed by atoms with Gasteiger partial charge in [0, 0.05) is 5.69 Å². The second-order valence-corrected chi connectivity index (χ2v) is 4.06. The lowest BCUT2D eigenvalue weighted by Crippen LogP contribution is -1.96. The Hall–Kier alpha value is -2.03. The molecule has 2 N–H and O–H groups in total. The number of aromatic nitrogens is 1. The van der Waals surface area contributed by atoms with E-state index in [0.29, 0.717) is 0 Å². The SMILES string of the molecule is Cc1nc(O)c(O)cc1CCc1ccccc1. The van der Waals surface area contributed by atoms with E-state index >= 15 is 0 Å². The highest BCUT2D eigenvalue weighted by Crippen LogP contribution is 2.25. The Morgan fingerprint density at radius 3 is 2.47 bits per heavy atom. The van der Waals surface area contributed by atoms with Crippen LogP contribution in [0.5, 0.6) is 11.6 Å². The first kappa shape index (κ1) is 11.5. The van der Waals surface area contributed by atoms with Crippen LogP contribution in [0, 0.1) is 6.92 Å². The Bertz CT molecular complexity index is 509. The fourth-order valence-electron chi connectivity index (χ4n) is 1.80. The van der Waals surface area contributed by atoms with E-state index in [1.807, 2.05) is 25.1 Å². The minimum atomic E-state index is -0.300. The lowest BCUT2D eigenvalue weighted by atomic mass is 10.0. The van der Waals surface area contributed by atoms with E-state index in [-0.39, 0.29) is 11.6 Å². The Balaban J connectivity index is 2.12. The predicted molar refractivity (Wildman–Crippen MR) is 66.2 cm³/mol. The average Bonchev–Trinajstić information content (AvgIpc) is 2.33. The van der Waals surface area contributed by atoms with Gasteiger partial charge in [0.25, 0.3) is 5.88 Å². The minimum Gasteiger partial charge on any atom is -0.503 e. The molecule has 1 aromatic heterocycles. The van der Waals surface area contributed by atoms with Crippen LogP contribution in [0.15, 0.2) is 36.4 Å². The summed E-state index contributed by atoms with van der Waals surface area (Å²) in [6, 6.07) is 11.7. The van der Waals surface area contributed by atoms with Gasteiger partial charge in [-0.05, 0) is 37.0 Å². The number of hydrogen-bond acceptors (Lipinski definition) is 3. The fraction of sp³-hybridized carbons (Fsp3) is 0.214. The van der Waals surface area contributed by atoms with Gasteiger partial charge in [-0.25, -0.2) is 4.98 Å². The molecule has 0 unspecified atom stereocenters. The smallest absolute Gasteiger partial charge is 0.254 e. The van der Waals surface area contributed by atoms with Crippen LogP contribution in [0.3, 0.4) is 0 Å². The van der Waals surface area contributed by atoms with Gasteiger partial charge in [-0.3, -0.25) is 0 Å². The maximum absolute atomic E-state index is 9.41. The average molecular weight is 229 g/mol. The molecule has 2 rings (SSSR count). The summed E-state index contributed by atoms with van der Waals surface area (Å²) in [6.07, 6.45) is 1.70. The van der Waals surface area contributed by atoms with E-state index in [1.165, 1.54) is 5.56 Å². The van der Waals surface area contributed by atoms with Crippen LogP contribution in [0.4, 0.5) is 0 Å². The highest BCUT2D eigenvalue weighted by atomic mass is 16.3. The standard InChI is InChI=1S/C14H15NO2/c1-10-12(9-13(16)14(17)15-10)8-7-11-5-3-2-4-6-11/h2-6,9,16H,7-8H2,1H3,(H,15,17). The summed E-state index contributed by atoms with van der Waals surface area (Å²) in [7, 11) is 0. The van der Waals surface area contributed by atoms with Crippen LogP contribution in [0.2, 0.25) is 0 Å². The molecule has 0 bridgehead atoms. The molecule has 0 fully saturated rings. The second kappa shape index (κ2) is 4.87. The molecule has 3 heteroatoms. The van der Waals surface area contributed by atoms with Crippen molar-refractivity contribution in [1.82, 2.24) is 4.98 Å². The molecular weight excluding hydrogens is 214 g/mol. The van der Waals surface area contributed by atoms with Crippen molar-refractivity contribution >= 4 is 0 Å². The van der Waals surface area contributed by atoms with Gasteiger partial charge in [-0.15, -0.1) is 0 Å². The van der Waals surface area contributed by atoms with E-state index in [2.05, 4.69) is 17.1 Å². The van der Waals surface area contributed by atoms with Crippen molar-refractivity contribution in [3.63, 3.8) is 0 Å². The summed E-state index contributed by atoms with van der Waals surface area (Å²) in [6.45, 7) is 1.83. The van der Waals surface area contributed by atoms with Crippen LogP contribution in [0.25, 0.3) is 0 Å². The van der Waals surface area contributed by atoms with Gasteiger partial charge in [-0.1, -0.05) is 30.3 Å². The molecule has 1 heterocycles. The van der Waals surface area contributed by atoms with E-state index in [0.717, 1.165) is 24.1 Å². The third kappa shape index (κ3) is 2.75. The Morgan fingerprint density at radius 2 is 1.76 bits per heavy atom. The molecule has 0 aliphatic carbocycles. The zero-order valence-electron chi connectivity index (χ0n) is 9.72. The van der Waals surface area contributed by atoms with E-state index in [4.69, 9.17) is 0 Å². The molecule has 0 aliphatic rings. The van der Waals surface area contributed by atoms with E-state index in [9.17, 15) is 10.2 Å². The van der Waals surface area contributed by atoms with Crippen molar-refractivity contribution in [3.8, 4) is 11.6 Å². The third-order valence-corrected chi connectivity index (χ3v) is 2.80. The van der Waals surface area contributed by atoms with Crippen molar-refractivity contribution in [3.05, 3.63) is 53.2 Å². The number of aromatic hydroxyl groups is 2. The third-order valence-electron chi connectivity index (χ3n) is 2.80. The first-order valence-electron chi connectivity index (χ1n) is 5.59. The number of hydrogen-bond donors (Lipinski definition) is 2. The summed E-state index contributed by atoms with van der Waals surface area (Å²) in [5.41, 5.74) is 2.97. The van der Waals surface area contributed by atoms with Crippen LogP contribution < -0.4 is 0 Å². The fourth-order valence-corrected chi connectivity index (χ4v) is 1.80. The highest BCUT2D eigenvalue weighted by Gasteiger charge is 2.07. The molecule has 1 aromatic carbocycles. The van der Waals surface area contributed by atoms with Crippen molar-refractivity contribution in [2.24, 2.45) is 0 Å². The summed E-state index contributed by atoms with van der Waals surface area (Å²) in [4.78, 5) is 3.89. The van der Waals surface area contributed by atoms with Crippen LogP contribution in [-0.2, 0) is 12.8 Å². The molecule has 0 radical (unpaired) electrons. The van der Waals surface area contributed by atoms with Gasteiger partial charge in [0.15, 0.2) is 5.75 Å². The number of benzene rings is 1. The quantitative estimate of drug-likeness (QED) is 0.850. The molecule has 0 spiro atoms. The van der Waals surface area contributed by atoms with Gasteiger partial charge < -0.3 is 10.2 Å². The number of pyridine rings is 1. The van der Waals surface area contributed by atoms with Crippen molar-refractivity contribution < 1.29 is 10.2 Å². The molecule has 0 saturated carbocycles. The normalized spacial score (nSPS) is 10.4. The molecule has 2 aromatic rings. The highest BCUT2D eigenvalue weighted by molar-refractivity contribution is 5.37. The molecular formula is C14H15NO2. The Morgan fingerprint density at radius 1 is 1.06 bits per heavy atom. The van der Waals surface area contributed by atoms with Gasteiger partial charge in [0.05, 0.1) is 0 Å². The lowest BCUT2D eigenvalue weighted by molar-refractivity contribution is 0.387. The monoisotopic (exact) mass is 229 g/mol. The predicted octanol–water partition coefficient (Wildman–Crippen LogP) is 2.59. The molecule has 0 amide bonds. The first-order valence-corrected chi connectivity index (χ1v) is 5.59. The lowest BCUT2D eigenvalue weighted by Gasteiger charge is -2.07. The zero-order valence-corrected chi connectivity index (χ0v) is 9.72. The molecule has 0 saturated heterocycles. The second-order valence-electron chi connectivity index (χ2n) is 4.06. The van der Waals surface area contributed by atoms with Crippen molar-refractivity contribution in [2.75, 3.05) is 0 Å². The molecule has 0 atom stereocenters. The van der Waals surface area contributed by atoms with Gasteiger partial charge in [-0.2, -0.15) is 0 Å². The van der Waals surface area contributed by atoms with Gasteiger partial charge >= 0.3 is 0 Å². The largest absolute Gasteiger partial charge is 0.503 e.